The van der Waals surface area contributed by atoms with Gasteiger partial charge in [0.25, 0.3) is 0 Å². The minimum Gasteiger partial charge on any atom is -0.570 e. The zero-order valence-electron chi connectivity index (χ0n) is 5.03. The fourth-order valence-corrected chi connectivity index (χ4v) is 0.520. The summed E-state index contributed by atoms with van der Waals surface area (Å²) in [7, 11) is 0. The fourth-order valence-electron chi connectivity index (χ4n) is 0.520. The predicted octanol–water partition coefficient (Wildman–Crippen LogP) is -0.428. The lowest BCUT2D eigenvalue weighted by Crippen LogP contribution is -2.25. The number of nitrogens with zero attached hydrogens (tertiary/aromatic N) is 1. The number of ether oxygens (including phenoxy) is 1. The van der Waals surface area contributed by atoms with E-state index in [9.17, 15) is 9.59 Å². The maximum atomic E-state index is 10.7. The van der Waals surface area contributed by atoms with Gasteiger partial charge in [-0.05, 0) is 6.08 Å². The molecule has 0 aromatic rings. The third-order valence-corrected chi connectivity index (χ3v) is 1.01. The molecule has 1 atom stereocenters. The Morgan fingerprint density at radius 3 is 3.00 bits per heavy atom. The first-order valence-corrected chi connectivity index (χ1v) is 2.57. The fraction of sp³-hybridized carbons (Fsp3) is 0.167. The standard InChI is InChI=1S/C6H4NO3/c1-2-4(8)5-6(9)7-3-10-5/h2,5H,1H2/q-1. The molecule has 0 saturated carbocycles. The Bertz CT molecular complexity index is 219. The van der Waals surface area contributed by atoms with Crippen molar-refractivity contribution in [1.82, 2.24) is 0 Å². The summed E-state index contributed by atoms with van der Waals surface area (Å²) in [5.41, 5.74) is 0. The molecule has 1 heterocycles. The largest absolute Gasteiger partial charge is 0.570 e. The molecule has 1 amide bonds. The van der Waals surface area contributed by atoms with Gasteiger partial charge in [0.05, 0.1) is 0 Å². The van der Waals surface area contributed by atoms with Gasteiger partial charge in [0, 0.05) is 6.40 Å². The molecule has 1 aliphatic rings. The van der Waals surface area contributed by atoms with Gasteiger partial charge in [-0.15, -0.1) is 0 Å². The molecule has 0 radical (unpaired) electrons. The van der Waals surface area contributed by atoms with E-state index >= 15 is 0 Å². The molecular formula is C6H4NO3-. The number of rotatable bonds is 2. The third kappa shape index (κ3) is 0.953. The highest BCUT2D eigenvalue weighted by atomic mass is 16.5. The van der Waals surface area contributed by atoms with E-state index in [1.54, 1.807) is 0 Å². The van der Waals surface area contributed by atoms with E-state index in [1.807, 2.05) is 6.40 Å². The number of ketones is 1. The van der Waals surface area contributed by atoms with Crippen LogP contribution in [0.25, 0.3) is 0 Å². The van der Waals surface area contributed by atoms with Gasteiger partial charge >= 0.3 is 0 Å². The van der Waals surface area contributed by atoms with Crippen LogP contribution in [0.3, 0.4) is 0 Å². The summed E-state index contributed by atoms with van der Waals surface area (Å²) in [6.45, 7) is 3.19. The lowest BCUT2D eigenvalue weighted by atomic mass is 10.2. The summed E-state index contributed by atoms with van der Waals surface area (Å²) in [6.07, 6.45) is 1.84. The molecule has 4 heteroatoms. The lowest BCUT2D eigenvalue weighted by molar-refractivity contribution is -0.131. The van der Waals surface area contributed by atoms with Crippen molar-refractivity contribution in [3.8, 4) is 0 Å². The number of hydrogen-bond donors (Lipinski definition) is 0. The van der Waals surface area contributed by atoms with Gasteiger partial charge in [0.2, 0.25) is 0 Å². The van der Waals surface area contributed by atoms with E-state index in [0.717, 1.165) is 6.08 Å². The van der Waals surface area contributed by atoms with Crippen LogP contribution in [0.2, 0.25) is 0 Å². The first kappa shape index (κ1) is 6.67. The maximum Gasteiger partial charge on any atom is 0.185 e. The van der Waals surface area contributed by atoms with Crippen LogP contribution in [-0.4, -0.2) is 24.2 Å². The molecule has 0 spiro atoms. The predicted molar refractivity (Wildman–Crippen MR) is 32.5 cm³/mol. The third-order valence-electron chi connectivity index (χ3n) is 1.01. The van der Waals surface area contributed by atoms with Crippen LogP contribution >= 0.6 is 0 Å². The molecule has 52 valence electrons. The summed E-state index contributed by atoms with van der Waals surface area (Å²) in [4.78, 5) is 24.3. The van der Waals surface area contributed by atoms with Crippen molar-refractivity contribution >= 4 is 18.1 Å². The van der Waals surface area contributed by atoms with Crippen molar-refractivity contribution in [1.29, 1.82) is 0 Å². The van der Waals surface area contributed by atoms with Gasteiger partial charge in [0.15, 0.2) is 11.9 Å². The lowest BCUT2D eigenvalue weighted by Gasteiger charge is -2.08. The van der Waals surface area contributed by atoms with Crippen LogP contribution < -0.4 is 0 Å². The number of carbonyl (C=O) groups excluding carboxylic acids is 2. The molecule has 4 nitrogen and oxygen atoms in total. The molecule has 0 N–H and O–H groups in total. The van der Waals surface area contributed by atoms with Crippen molar-refractivity contribution in [3.63, 3.8) is 0 Å². The highest BCUT2D eigenvalue weighted by Gasteiger charge is 2.18. The zero-order valence-corrected chi connectivity index (χ0v) is 5.03. The van der Waals surface area contributed by atoms with Gasteiger partial charge in [0.1, 0.15) is 5.91 Å². The minimum absolute atomic E-state index is 0.487. The highest BCUT2D eigenvalue weighted by Crippen LogP contribution is 2.02. The van der Waals surface area contributed by atoms with Gasteiger partial charge in [-0.2, -0.15) is 0 Å². The van der Waals surface area contributed by atoms with Gasteiger partial charge in [-0.3, -0.25) is 4.79 Å². The van der Waals surface area contributed by atoms with Crippen LogP contribution in [0.1, 0.15) is 0 Å². The van der Waals surface area contributed by atoms with E-state index < -0.39 is 17.8 Å². The van der Waals surface area contributed by atoms with Crippen LogP contribution in [0.4, 0.5) is 0 Å². The number of hydrogen-bond acceptors (Lipinski definition) is 3. The van der Waals surface area contributed by atoms with Gasteiger partial charge in [-0.25, -0.2) is 0 Å². The molecule has 1 rings (SSSR count). The number of amides is 1. The van der Waals surface area contributed by atoms with Crippen molar-refractivity contribution in [2.75, 3.05) is 0 Å². The smallest absolute Gasteiger partial charge is 0.185 e. The second kappa shape index (κ2) is 2.43. The average molecular weight is 138 g/mol. The first-order chi connectivity index (χ1) is 4.75. The maximum absolute atomic E-state index is 10.7. The topological polar surface area (TPSA) is 55.7 Å². The van der Waals surface area contributed by atoms with Crippen LogP contribution in [0.15, 0.2) is 17.6 Å². The van der Waals surface area contributed by atoms with Crippen LogP contribution in [-0.2, 0) is 14.3 Å². The second-order valence-corrected chi connectivity index (χ2v) is 1.65. The first-order valence-electron chi connectivity index (χ1n) is 2.57. The second-order valence-electron chi connectivity index (χ2n) is 1.65. The van der Waals surface area contributed by atoms with Crippen molar-refractivity contribution < 1.29 is 14.3 Å². The van der Waals surface area contributed by atoms with E-state index in [0.29, 0.717) is 0 Å². The molecule has 0 aromatic carbocycles. The highest BCUT2D eigenvalue weighted by molar-refractivity contribution is 6.13. The Labute approximate surface area is 57.2 Å². The summed E-state index contributed by atoms with van der Waals surface area (Å²) < 4.78 is 4.43. The van der Waals surface area contributed by atoms with E-state index in [4.69, 9.17) is 0 Å². The van der Waals surface area contributed by atoms with E-state index in [2.05, 4.69) is 16.3 Å². The molecular weight excluding hydrogens is 134 g/mol. The van der Waals surface area contributed by atoms with Crippen molar-refractivity contribution in [2.24, 2.45) is 4.99 Å². The minimum atomic E-state index is -1.13. The Morgan fingerprint density at radius 1 is 1.90 bits per heavy atom. The normalized spacial score (nSPS) is 22.4. The summed E-state index contributed by atoms with van der Waals surface area (Å²) in [5.74, 6) is -1.11. The van der Waals surface area contributed by atoms with Crippen LogP contribution in [0.5, 0.6) is 0 Å². The monoisotopic (exact) mass is 138 g/mol. The molecule has 0 saturated heterocycles. The Morgan fingerprint density at radius 2 is 2.60 bits per heavy atom. The average Bonchev–Trinajstić information content (AvgIpc) is 2.34. The summed E-state index contributed by atoms with van der Waals surface area (Å²) in [5, 5.41) is 0. The molecule has 10 heavy (non-hydrogen) atoms. The number of carbonyl (C=O) groups is 2. The Kier molecular flexibility index (Phi) is 1.62. The molecule has 1 unspecified atom stereocenters. The summed E-state index contributed by atoms with van der Waals surface area (Å²) in [6, 6.07) is 0. The Balaban J connectivity index is 2.68. The number of aliphatic imine (C=N–C) groups is 1. The van der Waals surface area contributed by atoms with E-state index in [-0.39, 0.29) is 0 Å². The van der Waals surface area contributed by atoms with Gasteiger partial charge in [-0.1, -0.05) is 6.58 Å². The molecule has 0 bridgehead atoms. The molecule has 0 aromatic heterocycles. The van der Waals surface area contributed by atoms with E-state index in [1.165, 1.54) is 0 Å². The quantitative estimate of drug-likeness (QED) is 0.295. The Hall–Kier alpha value is -1.45. The van der Waals surface area contributed by atoms with Crippen molar-refractivity contribution in [3.05, 3.63) is 12.7 Å². The molecule has 0 aliphatic carbocycles. The zero-order chi connectivity index (χ0) is 7.56. The van der Waals surface area contributed by atoms with Gasteiger partial charge < -0.3 is 14.5 Å². The SMILES string of the molecule is C=CC(=O)C1O[C-]=NC1=O. The molecule has 1 aliphatic heterocycles. The van der Waals surface area contributed by atoms with Crippen molar-refractivity contribution in [2.45, 2.75) is 6.10 Å². The molecule has 0 fully saturated rings. The van der Waals surface area contributed by atoms with Crippen LogP contribution in [0, 0.1) is 0 Å². The summed E-state index contributed by atoms with van der Waals surface area (Å²) >= 11 is 0.